The number of carbonyl (C=O) groups is 1. The molecule has 21 heavy (non-hydrogen) atoms. The second-order valence-electron chi connectivity index (χ2n) is 5.67. The maximum atomic E-state index is 11.8. The molecule has 1 aliphatic rings. The smallest absolute Gasteiger partial charge is 0.329 e. The zero-order valence-electron chi connectivity index (χ0n) is 12.0. The number of nitriles is 1. The molecular formula is C16H19BrN2O2. The van der Waals surface area contributed by atoms with Crippen molar-refractivity contribution in [3.8, 4) is 6.07 Å². The van der Waals surface area contributed by atoms with Crippen LogP contribution in [0.4, 0.5) is 5.69 Å². The van der Waals surface area contributed by atoms with Gasteiger partial charge in [0, 0.05) is 4.47 Å². The number of halogens is 1. The third kappa shape index (κ3) is 3.38. The molecule has 1 saturated carbocycles. The number of nitrogens with zero attached hydrogens (tertiary/aromatic N) is 1. The molecule has 1 aromatic carbocycles. The first-order valence-corrected chi connectivity index (χ1v) is 8.01. The Bertz CT molecular complexity index is 572. The molecule has 0 unspecified atom stereocenters. The molecule has 0 saturated heterocycles. The Balaban J connectivity index is 2.26. The van der Waals surface area contributed by atoms with Crippen molar-refractivity contribution in [2.24, 2.45) is 5.92 Å². The fraction of sp³-hybridized carbons (Fsp3) is 0.500. The van der Waals surface area contributed by atoms with Crippen molar-refractivity contribution >= 4 is 27.6 Å². The van der Waals surface area contributed by atoms with E-state index in [4.69, 9.17) is 0 Å². The van der Waals surface area contributed by atoms with E-state index in [1.165, 1.54) is 0 Å². The number of hydrogen-bond acceptors (Lipinski definition) is 3. The van der Waals surface area contributed by atoms with Gasteiger partial charge in [0.15, 0.2) is 0 Å². The fourth-order valence-electron chi connectivity index (χ4n) is 2.95. The van der Waals surface area contributed by atoms with E-state index >= 15 is 0 Å². The molecule has 2 rings (SSSR count). The van der Waals surface area contributed by atoms with Crippen LogP contribution >= 0.6 is 15.9 Å². The van der Waals surface area contributed by atoms with Crippen LogP contribution in [-0.4, -0.2) is 16.6 Å². The summed E-state index contributed by atoms with van der Waals surface area (Å²) in [7, 11) is 0. The molecule has 5 heteroatoms. The molecule has 0 atom stereocenters. The highest BCUT2D eigenvalue weighted by Gasteiger charge is 2.42. The van der Waals surface area contributed by atoms with Crippen molar-refractivity contribution in [3.05, 3.63) is 28.2 Å². The molecule has 0 spiro atoms. The van der Waals surface area contributed by atoms with Gasteiger partial charge in [0.2, 0.25) is 0 Å². The molecule has 2 N–H and O–H groups in total. The van der Waals surface area contributed by atoms with Gasteiger partial charge in [-0.2, -0.15) is 5.26 Å². The molecule has 0 bridgehead atoms. The summed E-state index contributed by atoms with van der Waals surface area (Å²) in [6, 6.07) is 7.40. The van der Waals surface area contributed by atoms with Crippen molar-refractivity contribution in [1.29, 1.82) is 5.26 Å². The lowest BCUT2D eigenvalue weighted by molar-refractivity contribution is -0.143. The van der Waals surface area contributed by atoms with Crippen LogP contribution in [0.2, 0.25) is 0 Å². The van der Waals surface area contributed by atoms with E-state index in [0.29, 0.717) is 30.0 Å². The summed E-state index contributed by atoms with van der Waals surface area (Å²) in [5.74, 6) is -0.219. The van der Waals surface area contributed by atoms with Crippen molar-refractivity contribution in [3.63, 3.8) is 0 Å². The molecule has 1 aromatic rings. The van der Waals surface area contributed by atoms with Gasteiger partial charge in [-0.3, -0.25) is 0 Å². The average molecular weight is 351 g/mol. The topological polar surface area (TPSA) is 73.1 Å². The summed E-state index contributed by atoms with van der Waals surface area (Å²) in [6.07, 6.45) is 4.11. The van der Waals surface area contributed by atoms with Crippen LogP contribution in [0.1, 0.15) is 44.6 Å². The Morgan fingerprint density at radius 1 is 1.52 bits per heavy atom. The van der Waals surface area contributed by atoms with E-state index in [9.17, 15) is 15.2 Å². The highest BCUT2D eigenvalue weighted by Crippen LogP contribution is 2.37. The zero-order valence-corrected chi connectivity index (χ0v) is 13.6. The summed E-state index contributed by atoms with van der Waals surface area (Å²) < 4.78 is 0.809. The Labute approximate surface area is 133 Å². The Morgan fingerprint density at radius 3 is 2.71 bits per heavy atom. The minimum atomic E-state index is -0.953. The second-order valence-corrected chi connectivity index (χ2v) is 6.58. The maximum absolute atomic E-state index is 11.8. The Hall–Kier alpha value is -1.54. The minimum Gasteiger partial charge on any atom is -0.480 e. The van der Waals surface area contributed by atoms with Crippen molar-refractivity contribution in [2.45, 2.75) is 44.6 Å². The molecule has 1 aliphatic carbocycles. The molecule has 0 aliphatic heterocycles. The van der Waals surface area contributed by atoms with Crippen LogP contribution in [0.5, 0.6) is 0 Å². The molecular weight excluding hydrogens is 332 g/mol. The summed E-state index contributed by atoms with van der Waals surface area (Å²) in [5.41, 5.74) is 0.103. The number of carboxylic acid groups (broad SMARTS) is 1. The number of nitrogens with one attached hydrogen (secondary N) is 1. The van der Waals surface area contributed by atoms with Gasteiger partial charge in [-0.25, -0.2) is 4.79 Å². The van der Waals surface area contributed by atoms with Gasteiger partial charge in [-0.05, 0) is 49.8 Å². The second kappa shape index (κ2) is 6.48. The van der Waals surface area contributed by atoms with E-state index in [0.717, 1.165) is 23.7 Å². The lowest BCUT2D eigenvalue weighted by Crippen LogP contribution is -2.49. The lowest BCUT2D eigenvalue weighted by Gasteiger charge is -2.38. The number of benzene rings is 1. The van der Waals surface area contributed by atoms with E-state index in [-0.39, 0.29) is 0 Å². The van der Waals surface area contributed by atoms with Gasteiger partial charge >= 0.3 is 5.97 Å². The van der Waals surface area contributed by atoms with Gasteiger partial charge in [0.1, 0.15) is 11.6 Å². The molecule has 0 radical (unpaired) electrons. The summed E-state index contributed by atoms with van der Waals surface area (Å²) >= 11 is 3.33. The van der Waals surface area contributed by atoms with Crippen LogP contribution in [0.15, 0.2) is 22.7 Å². The SMILES string of the molecule is CCC1CCC(Nc2ccc(Br)cc2C#N)(C(=O)O)CC1. The molecule has 4 nitrogen and oxygen atoms in total. The highest BCUT2D eigenvalue weighted by atomic mass is 79.9. The third-order valence-corrected chi connectivity index (χ3v) is 4.91. The Kier molecular flexibility index (Phi) is 4.89. The van der Waals surface area contributed by atoms with Gasteiger partial charge in [0.25, 0.3) is 0 Å². The van der Waals surface area contributed by atoms with Gasteiger partial charge in [0.05, 0.1) is 11.3 Å². The van der Waals surface area contributed by atoms with Crippen LogP contribution in [-0.2, 0) is 4.79 Å². The van der Waals surface area contributed by atoms with Crippen molar-refractivity contribution < 1.29 is 9.90 Å². The first-order chi connectivity index (χ1) is 10.0. The van der Waals surface area contributed by atoms with Crippen LogP contribution < -0.4 is 5.32 Å². The predicted octanol–water partition coefficient (Wildman–Crippen LogP) is 4.16. The quantitative estimate of drug-likeness (QED) is 0.854. The first-order valence-electron chi connectivity index (χ1n) is 7.22. The van der Waals surface area contributed by atoms with E-state index in [1.54, 1.807) is 12.1 Å². The number of hydrogen-bond donors (Lipinski definition) is 2. The minimum absolute atomic E-state index is 0.461. The predicted molar refractivity (Wildman–Crippen MR) is 85.1 cm³/mol. The van der Waals surface area contributed by atoms with E-state index < -0.39 is 11.5 Å². The normalized spacial score (nSPS) is 25.1. The molecule has 1 fully saturated rings. The van der Waals surface area contributed by atoms with E-state index in [2.05, 4.69) is 34.2 Å². The number of anilines is 1. The van der Waals surface area contributed by atoms with Gasteiger partial charge in [-0.1, -0.05) is 29.3 Å². The lowest BCUT2D eigenvalue weighted by atomic mass is 9.75. The average Bonchev–Trinajstić information content (AvgIpc) is 2.49. The maximum Gasteiger partial charge on any atom is 0.329 e. The first kappa shape index (κ1) is 15.8. The largest absolute Gasteiger partial charge is 0.480 e. The van der Waals surface area contributed by atoms with Gasteiger partial charge < -0.3 is 10.4 Å². The summed E-state index contributed by atoms with van der Waals surface area (Å²) in [6.45, 7) is 2.15. The summed E-state index contributed by atoms with van der Waals surface area (Å²) in [5, 5.41) is 22.0. The third-order valence-electron chi connectivity index (χ3n) is 4.42. The number of rotatable bonds is 4. The van der Waals surface area contributed by atoms with Crippen LogP contribution in [0, 0.1) is 17.2 Å². The van der Waals surface area contributed by atoms with Crippen LogP contribution in [0.3, 0.4) is 0 Å². The van der Waals surface area contributed by atoms with Crippen molar-refractivity contribution in [2.75, 3.05) is 5.32 Å². The molecule has 0 amide bonds. The zero-order chi connectivity index (χ0) is 15.5. The fourth-order valence-corrected chi connectivity index (χ4v) is 3.31. The number of carboxylic acids is 1. The van der Waals surface area contributed by atoms with Crippen LogP contribution in [0.25, 0.3) is 0 Å². The van der Waals surface area contributed by atoms with Gasteiger partial charge in [-0.15, -0.1) is 0 Å². The van der Waals surface area contributed by atoms with Crippen molar-refractivity contribution in [1.82, 2.24) is 0 Å². The summed E-state index contributed by atoms with van der Waals surface area (Å²) in [4.78, 5) is 11.8. The number of aliphatic carboxylic acids is 1. The molecule has 0 heterocycles. The molecule has 0 aromatic heterocycles. The molecule has 112 valence electrons. The monoisotopic (exact) mass is 350 g/mol. The highest BCUT2D eigenvalue weighted by molar-refractivity contribution is 9.10. The Morgan fingerprint density at radius 2 is 2.19 bits per heavy atom. The van der Waals surface area contributed by atoms with E-state index in [1.807, 2.05) is 6.07 Å². The standard InChI is InChI=1S/C16H19BrN2O2/c1-2-11-5-7-16(8-6-11,15(20)21)19-14-4-3-13(17)9-12(14)10-18/h3-4,9,11,19H,2,5-8H2,1H3,(H,20,21).